The molecule has 5 N–H and O–H groups in total. The van der Waals surface area contributed by atoms with Crippen molar-refractivity contribution >= 4 is 17.7 Å². The van der Waals surface area contributed by atoms with Gasteiger partial charge in [-0.15, -0.1) is 0 Å². The van der Waals surface area contributed by atoms with E-state index in [1.165, 1.54) is 0 Å². The molecule has 2 atom stereocenters. The number of carboxylic acids is 1. The van der Waals surface area contributed by atoms with Gasteiger partial charge in [-0.3, -0.25) is 14.4 Å². The molecule has 0 aromatic heterocycles. The fourth-order valence-corrected chi connectivity index (χ4v) is 1.41. The molecule has 1 amide bonds. The molecular formula is C9H15N3O4. The van der Waals surface area contributed by atoms with Crippen molar-refractivity contribution in [1.82, 2.24) is 10.6 Å². The number of aliphatic carboxylic acids is 1. The summed E-state index contributed by atoms with van der Waals surface area (Å²) in [7, 11) is 0. The maximum Gasteiger partial charge on any atom is 0.320 e. The summed E-state index contributed by atoms with van der Waals surface area (Å²) in [6.45, 7) is 0.721. The van der Waals surface area contributed by atoms with E-state index in [1.807, 2.05) is 0 Å². The Morgan fingerprint density at radius 1 is 1.62 bits per heavy atom. The molecule has 1 heterocycles. The van der Waals surface area contributed by atoms with Crippen molar-refractivity contribution in [2.45, 2.75) is 12.5 Å². The van der Waals surface area contributed by atoms with Gasteiger partial charge in [0.05, 0.1) is 6.54 Å². The van der Waals surface area contributed by atoms with Gasteiger partial charge < -0.3 is 21.5 Å². The van der Waals surface area contributed by atoms with Crippen LogP contribution >= 0.6 is 0 Å². The normalized spacial score (nSPS) is 21.8. The molecule has 0 aromatic rings. The van der Waals surface area contributed by atoms with Gasteiger partial charge in [0, 0.05) is 13.1 Å². The minimum atomic E-state index is -1.10. The highest BCUT2D eigenvalue weighted by Gasteiger charge is 2.30. The van der Waals surface area contributed by atoms with Crippen LogP contribution in [0.25, 0.3) is 0 Å². The average molecular weight is 229 g/mol. The van der Waals surface area contributed by atoms with E-state index >= 15 is 0 Å². The van der Waals surface area contributed by atoms with Crippen molar-refractivity contribution in [3.63, 3.8) is 0 Å². The first-order valence-electron chi connectivity index (χ1n) is 5.02. The lowest BCUT2D eigenvalue weighted by Gasteiger charge is -2.10. The van der Waals surface area contributed by atoms with Gasteiger partial charge in [0.25, 0.3) is 0 Å². The smallest absolute Gasteiger partial charge is 0.320 e. The fraction of sp³-hybridized carbons (Fsp3) is 0.667. The van der Waals surface area contributed by atoms with Crippen LogP contribution in [0.3, 0.4) is 0 Å². The third kappa shape index (κ3) is 3.28. The molecule has 0 saturated carbocycles. The molecule has 1 aliphatic heterocycles. The van der Waals surface area contributed by atoms with Gasteiger partial charge in [-0.05, 0) is 6.42 Å². The number of Topliss-reactive ketones (excluding diaryl/α,β-unsaturated/α-hetero) is 1. The zero-order chi connectivity index (χ0) is 12.1. The molecule has 0 spiro atoms. The Morgan fingerprint density at radius 2 is 2.31 bits per heavy atom. The largest absolute Gasteiger partial charge is 0.480 e. The van der Waals surface area contributed by atoms with Crippen LogP contribution in [-0.2, 0) is 14.4 Å². The number of carbonyl (C=O) groups excluding carboxylic acids is 2. The monoisotopic (exact) mass is 229 g/mol. The van der Waals surface area contributed by atoms with E-state index in [0.29, 0.717) is 6.54 Å². The Balaban J connectivity index is 2.25. The number of hydrogen-bond donors (Lipinski definition) is 4. The predicted molar refractivity (Wildman–Crippen MR) is 54.6 cm³/mol. The highest BCUT2D eigenvalue weighted by Crippen LogP contribution is 2.03. The molecule has 1 rings (SSSR count). The number of carboxylic acid groups (broad SMARTS) is 1. The highest BCUT2D eigenvalue weighted by molar-refractivity contribution is 6.03. The van der Waals surface area contributed by atoms with Crippen LogP contribution in [-0.4, -0.2) is 48.4 Å². The number of amides is 1. The number of rotatable bonds is 5. The quantitative estimate of drug-likeness (QED) is 0.393. The molecule has 16 heavy (non-hydrogen) atoms. The minimum Gasteiger partial charge on any atom is -0.480 e. The molecule has 90 valence electrons. The average Bonchev–Trinajstić information content (AvgIpc) is 2.64. The summed E-state index contributed by atoms with van der Waals surface area (Å²) >= 11 is 0. The summed E-state index contributed by atoms with van der Waals surface area (Å²) in [6.07, 6.45) is 0.148. The summed E-state index contributed by atoms with van der Waals surface area (Å²) < 4.78 is 0. The van der Waals surface area contributed by atoms with E-state index < -0.39 is 17.9 Å². The van der Waals surface area contributed by atoms with Crippen molar-refractivity contribution in [1.29, 1.82) is 0 Å². The third-order valence-corrected chi connectivity index (χ3v) is 2.42. The minimum absolute atomic E-state index is 0.139. The molecule has 7 nitrogen and oxygen atoms in total. The van der Waals surface area contributed by atoms with Crippen molar-refractivity contribution in [3.8, 4) is 0 Å². The molecule has 7 heteroatoms. The lowest BCUT2D eigenvalue weighted by molar-refractivity contribution is -0.139. The van der Waals surface area contributed by atoms with Gasteiger partial charge >= 0.3 is 5.97 Å². The van der Waals surface area contributed by atoms with E-state index in [-0.39, 0.29) is 31.2 Å². The zero-order valence-electron chi connectivity index (χ0n) is 8.73. The van der Waals surface area contributed by atoms with Gasteiger partial charge in [0.15, 0.2) is 5.78 Å². The fourth-order valence-electron chi connectivity index (χ4n) is 1.41. The summed E-state index contributed by atoms with van der Waals surface area (Å²) in [5.41, 5.74) is 5.25. The van der Waals surface area contributed by atoms with E-state index in [9.17, 15) is 14.4 Å². The first-order valence-corrected chi connectivity index (χ1v) is 5.02. The van der Waals surface area contributed by atoms with E-state index in [1.54, 1.807) is 0 Å². The molecule has 0 bridgehead atoms. The summed E-state index contributed by atoms with van der Waals surface area (Å²) in [5.74, 6) is -2.26. The summed E-state index contributed by atoms with van der Waals surface area (Å²) in [5, 5.41) is 13.8. The number of ketones is 1. The molecule has 1 aliphatic rings. The van der Waals surface area contributed by atoms with Crippen molar-refractivity contribution < 1.29 is 19.5 Å². The van der Waals surface area contributed by atoms with E-state index in [2.05, 4.69) is 10.6 Å². The van der Waals surface area contributed by atoms with Gasteiger partial charge in [0.1, 0.15) is 12.0 Å². The SMILES string of the molecule is N[C@@H](CCNC(=O)[C@@H]1CNCC1=O)C(=O)O. The predicted octanol–water partition coefficient (Wildman–Crippen LogP) is -2.31. The lowest BCUT2D eigenvalue weighted by atomic mass is 10.1. The van der Waals surface area contributed by atoms with Crippen LogP contribution in [0.4, 0.5) is 0 Å². The number of nitrogens with one attached hydrogen (secondary N) is 2. The second-order valence-corrected chi connectivity index (χ2v) is 3.67. The third-order valence-electron chi connectivity index (χ3n) is 2.42. The molecule has 0 unspecified atom stereocenters. The van der Waals surface area contributed by atoms with Crippen LogP contribution in [0.15, 0.2) is 0 Å². The van der Waals surface area contributed by atoms with Gasteiger partial charge in [0.2, 0.25) is 5.91 Å². The molecule has 0 radical (unpaired) electrons. The Labute approximate surface area is 92.4 Å². The van der Waals surface area contributed by atoms with Crippen LogP contribution in [0.5, 0.6) is 0 Å². The second kappa shape index (κ2) is 5.57. The Hall–Kier alpha value is -1.47. The highest BCUT2D eigenvalue weighted by atomic mass is 16.4. The van der Waals surface area contributed by atoms with Crippen molar-refractivity contribution in [2.75, 3.05) is 19.6 Å². The van der Waals surface area contributed by atoms with Crippen molar-refractivity contribution in [2.24, 2.45) is 11.7 Å². The molecular weight excluding hydrogens is 214 g/mol. The van der Waals surface area contributed by atoms with Gasteiger partial charge in [-0.2, -0.15) is 0 Å². The Kier molecular flexibility index (Phi) is 4.39. The first kappa shape index (κ1) is 12.6. The molecule has 1 saturated heterocycles. The van der Waals surface area contributed by atoms with Crippen LogP contribution < -0.4 is 16.4 Å². The Bertz CT molecular complexity index is 305. The molecule has 1 fully saturated rings. The summed E-state index contributed by atoms with van der Waals surface area (Å²) in [6, 6.07) is -0.988. The van der Waals surface area contributed by atoms with Crippen LogP contribution in [0.2, 0.25) is 0 Å². The standard InChI is InChI=1S/C9H15N3O4/c10-6(9(15)16)1-2-12-8(14)5-3-11-4-7(5)13/h5-6,11H,1-4,10H2,(H,12,14)(H,15,16)/t5-,6+/m1/s1. The van der Waals surface area contributed by atoms with Gasteiger partial charge in [-0.1, -0.05) is 0 Å². The number of carbonyl (C=O) groups is 3. The zero-order valence-corrected chi connectivity index (χ0v) is 8.73. The van der Waals surface area contributed by atoms with Gasteiger partial charge in [-0.25, -0.2) is 0 Å². The second-order valence-electron chi connectivity index (χ2n) is 3.67. The van der Waals surface area contributed by atoms with E-state index in [0.717, 1.165) is 0 Å². The molecule has 0 aliphatic carbocycles. The first-order chi connectivity index (χ1) is 7.52. The van der Waals surface area contributed by atoms with Crippen LogP contribution in [0.1, 0.15) is 6.42 Å². The number of hydrogen-bond acceptors (Lipinski definition) is 5. The topological polar surface area (TPSA) is 122 Å². The number of nitrogens with two attached hydrogens (primary N) is 1. The Morgan fingerprint density at radius 3 is 2.81 bits per heavy atom. The maximum absolute atomic E-state index is 11.4. The van der Waals surface area contributed by atoms with Crippen LogP contribution in [0, 0.1) is 5.92 Å². The maximum atomic E-state index is 11.4. The van der Waals surface area contributed by atoms with Crippen molar-refractivity contribution in [3.05, 3.63) is 0 Å². The van der Waals surface area contributed by atoms with E-state index in [4.69, 9.17) is 10.8 Å². The summed E-state index contributed by atoms with van der Waals surface area (Å²) in [4.78, 5) is 33.0. The lowest BCUT2D eigenvalue weighted by Crippen LogP contribution is -2.39. The molecule has 0 aromatic carbocycles.